The van der Waals surface area contributed by atoms with E-state index in [4.69, 9.17) is 0 Å². The number of nitrogens with zero attached hydrogens (tertiary/aromatic N) is 1. The van der Waals surface area contributed by atoms with Crippen LogP contribution in [0.4, 0.5) is 0 Å². The Morgan fingerprint density at radius 1 is 1.11 bits per heavy atom. The van der Waals surface area contributed by atoms with Crippen molar-refractivity contribution in [3.8, 4) is 16.9 Å². The highest BCUT2D eigenvalue weighted by Gasteiger charge is 2.18. The summed E-state index contributed by atoms with van der Waals surface area (Å²) in [4.78, 5) is 31.0. The Balaban J connectivity index is 1.97. The lowest BCUT2D eigenvalue weighted by atomic mass is 9.97. The van der Waals surface area contributed by atoms with Gasteiger partial charge < -0.3 is 15.4 Å². The SMILES string of the molecule is CCCNC(=O)c1nc(Cc2ccccc2-c2ccccc2)[nH]c(=O)c1O. The fourth-order valence-electron chi connectivity index (χ4n) is 2.83. The molecule has 0 atom stereocenters. The Morgan fingerprint density at radius 2 is 1.81 bits per heavy atom. The summed E-state index contributed by atoms with van der Waals surface area (Å²) >= 11 is 0. The second-order valence-electron chi connectivity index (χ2n) is 6.17. The molecule has 0 bridgehead atoms. The minimum atomic E-state index is -0.723. The molecule has 0 saturated heterocycles. The summed E-state index contributed by atoms with van der Waals surface area (Å²) in [7, 11) is 0. The predicted molar refractivity (Wildman–Crippen MR) is 104 cm³/mol. The van der Waals surface area contributed by atoms with Gasteiger partial charge in [0.25, 0.3) is 11.5 Å². The molecule has 6 nitrogen and oxygen atoms in total. The van der Waals surface area contributed by atoms with Crippen molar-refractivity contribution in [3.63, 3.8) is 0 Å². The molecule has 0 aliphatic heterocycles. The largest absolute Gasteiger partial charge is 0.501 e. The molecule has 0 spiro atoms. The van der Waals surface area contributed by atoms with Crippen molar-refractivity contribution < 1.29 is 9.90 Å². The van der Waals surface area contributed by atoms with E-state index in [9.17, 15) is 14.7 Å². The summed E-state index contributed by atoms with van der Waals surface area (Å²) in [5, 5.41) is 12.6. The predicted octanol–water partition coefficient (Wildman–Crippen LogP) is 2.87. The van der Waals surface area contributed by atoms with Crippen LogP contribution in [0, 0.1) is 0 Å². The summed E-state index contributed by atoms with van der Waals surface area (Å²) in [6.45, 7) is 2.36. The van der Waals surface area contributed by atoms with Crippen molar-refractivity contribution in [1.82, 2.24) is 15.3 Å². The third-order valence-corrected chi connectivity index (χ3v) is 4.15. The minimum Gasteiger partial charge on any atom is -0.501 e. The van der Waals surface area contributed by atoms with E-state index in [2.05, 4.69) is 15.3 Å². The van der Waals surface area contributed by atoms with Gasteiger partial charge in [-0.15, -0.1) is 0 Å². The number of carbonyl (C=O) groups excluding carboxylic acids is 1. The van der Waals surface area contributed by atoms with Gasteiger partial charge in [0.2, 0.25) is 5.75 Å². The molecular weight excluding hydrogens is 342 g/mol. The Morgan fingerprint density at radius 3 is 2.56 bits per heavy atom. The average Bonchev–Trinajstić information content (AvgIpc) is 2.70. The van der Waals surface area contributed by atoms with Gasteiger partial charge in [0.1, 0.15) is 5.82 Å². The van der Waals surface area contributed by atoms with Crippen LogP contribution in [-0.4, -0.2) is 27.5 Å². The number of aromatic amines is 1. The molecule has 3 aromatic rings. The number of nitrogens with one attached hydrogen (secondary N) is 2. The van der Waals surface area contributed by atoms with Crippen molar-refractivity contribution in [3.05, 3.63) is 82.0 Å². The Labute approximate surface area is 156 Å². The molecular formula is C21H21N3O3. The van der Waals surface area contributed by atoms with E-state index in [-0.39, 0.29) is 5.69 Å². The number of rotatable bonds is 6. The number of aromatic nitrogens is 2. The standard InChI is InChI=1S/C21H21N3O3/c1-2-12-22-20(26)18-19(25)21(27)24-17(23-18)13-15-10-6-7-11-16(15)14-8-4-3-5-9-14/h3-11,25H,2,12-13H2,1H3,(H,22,26)(H,23,24,27). The first kappa shape index (κ1) is 18.4. The minimum absolute atomic E-state index is 0.251. The molecule has 0 aliphatic carbocycles. The molecule has 2 aromatic carbocycles. The zero-order valence-corrected chi connectivity index (χ0v) is 15.0. The summed E-state index contributed by atoms with van der Waals surface area (Å²) in [6.07, 6.45) is 1.07. The number of H-pyrrole nitrogens is 1. The van der Waals surface area contributed by atoms with Crippen molar-refractivity contribution >= 4 is 5.91 Å². The first-order valence-electron chi connectivity index (χ1n) is 8.83. The molecule has 0 aliphatic rings. The number of benzene rings is 2. The topological polar surface area (TPSA) is 95.1 Å². The van der Waals surface area contributed by atoms with Crippen LogP contribution in [0.25, 0.3) is 11.1 Å². The molecule has 0 saturated carbocycles. The molecule has 1 heterocycles. The number of amides is 1. The van der Waals surface area contributed by atoms with E-state index in [1.165, 1.54) is 0 Å². The van der Waals surface area contributed by atoms with Gasteiger partial charge in [-0.3, -0.25) is 9.59 Å². The molecule has 0 fully saturated rings. The van der Waals surface area contributed by atoms with Crippen LogP contribution in [0.1, 0.15) is 35.2 Å². The van der Waals surface area contributed by atoms with Gasteiger partial charge in [-0.2, -0.15) is 0 Å². The number of hydrogen-bond donors (Lipinski definition) is 3. The second kappa shape index (κ2) is 8.31. The van der Waals surface area contributed by atoms with Gasteiger partial charge >= 0.3 is 0 Å². The monoisotopic (exact) mass is 363 g/mol. The maximum absolute atomic E-state index is 12.2. The van der Waals surface area contributed by atoms with Crippen molar-refractivity contribution in [2.75, 3.05) is 6.54 Å². The van der Waals surface area contributed by atoms with Gasteiger partial charge in [0.05, 0.1) is 0 Å². The Bertz CT molecular complexity index is 997. The lowest BCUT2D eigenvalue weighted by molar-refractivity contribution is 0.0945. The van der Waals surface area contributed by atoms with E-state index in [1.807, 2.05) is 61.5 Å². The molecule has 1 aromatic heterocycles. The van der Waals surface area contributed by atoms with E-state index in [1.54, 1.807) is 0 Å². The molecule has 138 valence electrons. The van der Waals surface area contributed by atoms with E-state index in [0.29, 0.717) is 18.8 Å². The zero-order valence-electron chi connectivity index (χ0n) is 15.0. The fraction of sp³-hybridized carbons (Fsp3) is 0.190. The molecule has 6 heteroatoms. The summed E-state index contributed by atoms with van der Waals surface area (Å²) < 4.78 is 0. The smallest absolute Gasteiger partial charge is 0.293 e. The number of aromatic hydroxyl groups is 1. The van der Waals surface area contributed by atoms with Gasteiger partial charge in [-0.1, -0.05) is 61.5 Å². The molecule has 3 rings (SSSR count). The molecule has 0 radical (unpaired) electrons. The van der Waals surface area contributed by atoms with Gasteiger partial charge in [0.15, 0.2) is 5.69 Å². The lowest BCUT2D eigenvalue weighted by Crippen LogP contribution is -2.28. The Hall–Kier alpha value is -3.41. The van der Waals surface area contributed by atoms with Crippen LogP contribution >= 0.6 is 0 Å². The first-order valence-corrected chi connectivity index (χ1v) is 8.83. The first-order chi connectivity index (χ1) is 13.1. The van der Waals surface area contributed by atoms with Crippen LogP contribution < -0.4 is 10.9 Å². The number of hydrogen-bond acceptors (Lipinski definition) is 4. The van der Waals surface area contributed by atoms with Gasteiger partial charge in [0, 0.05) is 13.0 Å². The van der Waals surface area contributed by atoms with Crippen molar-refractivity contribution in [2.45, 2.75) is 19.8 Å². The molecule has 27 heavy (non-hydrogen) atoms. The van der Waals surface area contributed by atoms with Crippen LogP contribution in [0.3, 0.4) is 0 Å². The highest BCUT2D eigenvalue weighted by atomic mass is 16.3. The molecule has 1 amide bonds. The Kier molecular flexibility index (Phi) is 5.66. The van der Waals surface area contributed by atoms with Crippen LogP contribution in [0.15, 0.2) is 59.4 Å². The van der Waals surface area contributed by atoms with E-state index >= 15 is 0 Å². The third-order valence-electron chi connectivity index (χ3n) is 4.15. The summed E-state index contributed by atoms with van der Waals surface area (Å²) in [5.74, 6) is -0.899. The van der Waals surface area contributed by atoms with Crippen LogP contribution in [-0.2, 0) is 6.42 Å². The fourth-order valence-corrected chi connectivity index (χ4v) is 2.83. The third kappa shape index (κ3) is 4.23. The lowest BCUT2D eigenvalue weighted by Gasteiger charge is -2.11. The number of carbonyl (C=O) groups is 1. The second-order valence-corrected chi connectivity index (χ2v) is 6.17. The molecule has 0 unspecified atom stereocenters. The molecule has 3 N–H and O–H groups in total. The maximum atomic E-state index is 12.2. The summed E-state index contributed by atoms with van der Waals surface area (Å²) in [6, 6.07) is 17.7. The normalized spacial score (nSPS) is 10.6. The van der Waals surface area contributed by atoms with Crippen molar-refractivity contribution in [1.29, 1.82) is 0 Å². The van der Waals surface area contributed by atoms with Crippen LogP contribution in [0.5, 0.6) is 5.75 Å². The van der Waals surface area contributed by atoms with Gasteiger partial charge in [-0.05, 0) is 23.1 Å². The quantitative estimate of drug-likeness (QED) is 0.627. The maximum Gasteiger partial charge on any atom is 0.293 e. The van der Waals surface area contributed by atoms with E-state index in [0.717, 1.165) is 23.1 Å². The highest BCUT2D eigenvalue weighted by molar-refractivity contribution is 5.94. The zero-order chi connectivity index (χ0) is 19.2. The van der Waals surface area contributed by atoms with Crippen LogP contribution in [0.2, 0.25) is 0 Å². The average molecular weight is 363 g/mol. The highest BCUT2D eigenvalue weighted by Crippen LogP contribution is 2.25. The van der Waals surface area contributed by atoms with E-state index < -0.39 is 17.2 Å². The van der Waals surface area contributed by atoms with Gasteiger partial charge in [-0.25, -0.2) is 4.98 Å². The van der Waals surface area contributed by atoms with Crippen molar-refractivity contribution in [2.24, 2.45) is 0 Å². The summed E-state index contributed by atoms with van der Waals surface area (Å²) in [5.41, 5.74) is 2.05.